The van der Waals surface area contributed by atoms with Gasteiger partial charge in [-0.25, -0.2) is 29.9 Å². The molecular weight excluding hydrogens is 889 g/mol. The SMILES string of the molecule is C1=CC(c2nc(-c3ccc(-c4ccccc4)cc3)nc(-c3ccc4c(c3)C3(c5ccccc5-c5ccccc53)c3cc(-c5nc(-c6ccccc6)nc(-c6ccc(-c7ccccc7)cc6)n5)ccc3-4)n2)=CCC1. The molecule has 0 amide bonds. The highest BCUT2D eigenvalue weighted by molar-refractivity contribution is 5.96. The molecule has 0 aliphatic heterocycles. The van der Waals surface area contributed by atoms with Crippen LogP contribution in [0.3, 0.4) is 0 Å². The lowest BCUT2D eigenvalue weighted by Gasteiger charge is -2.31. The molecule has 0 saturated carbocycles. The van der Waals surface area contributed by atoms with Crippen molar-refractivity contribution in [3.8, 4) is 101 Å². The van der Waals surface area contributed by atoms with Gasteiger partial charge in [0.1, 0.15) is 0 Å². The Morgan fingerprint density at radius 1 is 0.260 bits per heavy atom. The Bertz CT molecular complexity index is 3950. The van der Waals surface area contributed by atoms with Crippen LogP contribution in [0.5, 0.6) is 0 Å². The van der Waals surface area contributed by atoms with E-state index in [1.54, 1.807) is 0 Å². The third-order valence-electron chi connectivity index (χ3n) is 14.7. The molecule has 0 saturated heterocycles. The average Bonchev–Trinajstić information content (AvgIpc) is 3.95. The zero-order chi connectivity index (χ0) is 48.3. The second kappa shape index (κ2) is 17.4. The molecule has 2 aromatic heterocycles. The van der Waals surface area contributed by atoms with E-state index in [2.05, 4.69) is 212 Å². The zero-order valence-electron chi connectivity index (χ0n) is 39.7. The second-order valence-corrected chi connectivity index (χ2v) is 18.9. The van der Waals surface area contributed by atoms with Crippen LogP contribution in [0.25, 0.3) is 107 Å². The summed E-state index contributed by atoms with van der Waals surface area (Å²) >= 11 is 0. The molecule has 3 aliphatic rings. The molecule has 73 heavy (non-hydrogen) atoms. The molecule has 1 spiro atoms. The lowest BCUT2D eigenvalue weighted by atomic mass is 9.70. The Morgan fingerprint density at radius 3 is 1.03 bits per heavy atom. The molecule has 0 fully saturated rings. The van der Waals surface area contributed by atoms with Gasteiger partial charge >= 0.3 is 0 Å². The van der Waals surface area contributed by atoms with Crippen LogP contribution in [0.15, 0.2) is 243 Å². The van der Waals surface area contributed by atoms with Crippen molar-refractivity contribution < 1.29 is 0 Å². The van der Waals surface area contributed by atoms with Crippen LogP contribution in [0, 0.1) is 0 Å². The van der Waals surface area contributed by atoms with E-state index in [1.807, 2.05) is 30.3 Å². The number of aromatic nitrogens is 6. The standard InChI is InChI=1S/C67H44N6/c1-5-17-43(18-6-1)45-29-33-49(34-30-45)63-68-61(47-21-9-3-10-22-47)70-65(72-63)51-37-39-55-56-40-38-52(42-60(56)67(59(55)41-51)57-27-15-13-25-53(57)54-26-14-16-28-58(54)67)66-71-62(48-23-11-4-12-24-48)69-64(73-66)50-35-31-46(32-36-50)44-19-7-2-8-20-44/h1-3,5-11,13-42H,4,12H2. The van der Waals surface area contributed by atoms with Gasteiger partial charge in [-0.2, -0.15) is 0 Å². The minimum absolute atomic E-state index is 0.610. The van der Waals surface area contributed by atoms with Crippen molar-refractivity contribution in [3.05, 3.63) is 271 Å². The highest BCUT2D eigenvalue weighted by Crippen LogP contribution is 2.63. The van der Waals surface area contributed by atoms with E-state index < -0.39 is 5.41 Å². The van der Waals surface area contributed by atoms with E-state index in [0.717, 1.165) is 62.9 Å². The van der Waals surface area contributed by atoms with E-state index in [1.165, 1.54) is 50.1 Å². The topological polar surface area (TPSA) is 77.3 Å². The van der Waals surface area contributed by atoms with Gasteiger partial charge in [0, 0.05) is 33.4 Å². The van der Waals surface area contributed by atoms with E-state index in [4.69, 9.17) is 29.9 Å². The van der Waals surface area contributed by atoms with Gasteiger partial charge in [0.15, 0.2) is 34.9 Å². The number of hydrogen-bond acceptors (Lipinski definition) is 6. The Kier molecular flexibility index (Phi) is 10.1. The van der Waals surface area contributed by atoms with Crippen molar-refractivity contribution in [2.75, 3.05) is 0 Å². The molecule has 0 atom stereocenters. The lowest BCUT2D eigenvalue weighted by Crippen LogP contribution is -2.26. The Balaban J connectivity index is 0.941. The first-order valence-corrected chi connectivity index (χ1v) is 24.9. The summed E-state index contributed by atoms with van der Waals surface area (Å²) in [5.74, 6) is 3.78. The van der Waals surface area contributed by atoms with Gasteiger partial charge in [0.2, 0.25) is 0 Å². The Labute approximate surface area is 423 Å². The monoisotopic (exact) mass is 932 g/mol. The van der Waals surface area contributed by atoms with E-state index in [9.17, 15) is 0 Å². The van der Waals surface area contributed by atoms with Gasteiger partial charge in [-0.3, -0.25) is 0 Å². The molecule has 6 nitrogen and oxygen atoms in total. The van der Waals surface area contributed by atoms with E-state index in [0.29, 0.717) is 34.9 Å². The van der Waals surface area contributed by atoms with Crippen molar-refractivity contribution in [3.63, 3.8) is 0 Å². The minimum atomic E-state index is -0.671. The summed E-state index contributed by atoms with van der Waals surface area (Å²) in [6.45, 7) is 0. The first-order chi connectivity index (χ1) is 36.2. The van der Waals surface area contributed by atoms with Crippen molar-refractivity contribution in [2.45, 2.75) is 18.3 Å². The molecule has 0 radical (unpaired) electrons. The number of benzene rings is 9. The van der Waals surface area contributed by atoms with Crippen molar-refractivity contribution in [1.29, 1.82) is 0 Å². The van der Waals surface area contributed by atoms with Crippen LogP contribution in [0.1, 0.15) is 40.9 Å². The van der Waals surface area contributed by atoms with Gasteiger partial charge in [0.05, 0.1) is 5.41 Å². The van der Waals surface area contributed by atoms with Gasteiger partial charge in [-0.1, -0.05) is 231 Å². The molecule has 2 heterocycles. The van der Waals surface area contributed by atoms with Gasteiger partial charge in [0.25, 0.3) is 0 Å². The fourth-order valence-electron chi connectivity index (χ4n) is 11.2. The maximum atomic E-state index is 5.29. The molecular formula is C67H44N6. The molecule has 14 rings (SSSR count). The summed E-state index contributed by atoms with van der Waals surface area (Å²) in [4.78, 5) is 31.3. The smallest absolute Gasteiger partial charge is 0.164 e. The highest BCUT2D eigenvalue weighted by atomic mass is 15.0. The number of allylic oxidation sites excluding steroid dienone is 4. The maximum Gasteiger partial charge on any atom is 0.164 e. The third-order valence-corrected chi connectivity index (χ3v) is 14.7. The zero-order valence-corrected chi connectivity index (χ0v) is 39.7. The third kappa shape index (κ3) is 7.17. The van der Waals surface area contributed by atoms with Crippen LogP contribution in [-0.4, -0.2) is 29.9 Å². The van der Waals surface area contributed by atoms with Crippen molar-refractivity contribution >= 4 is 5.57 Å². The molecule has 3 aliphatic carbocycles. The van der Waals surface area contributed by atoms with Crippen LogP contribution < -0.4 is 0 Å². The Morgan fingerprint density at radius 2 is 0.589 bits per heavy atom. The van der Waals surface area contributed by atoms with E-state index >= 15 is 0 Å². The number of nitrogens with zero attached hydrogens (tertiary/aromatic N) is 6. The summed E-state index contributed by atoms with van der Waals surface area (Å²) in [5, 5.41) is 0. The first-order valence-electron chi connectivity index (χ1n) is 24.9. The summed E-state index contributed by atoms with van der Waals surface area (Å²) in [6.07, 6.45) is 8.52. The molecule has 0 bridgehead atoms. The predicted molar refractivity (Wildman–Crippen MR) is 294 cm³/mol. The van der Waals surface area contributed by atoms with Gasteiger partial charge < -0.3 is 0 Å². The summed E-state index contributed by atoms with van der Waals surface area (Å²) < 4.78 is 0. The molecule has 11 aromatic rings. The van der Waals surface area contributed by atoms with Gasteiger partial charge in [-0.15, -0.1) is 0 Å². The largest absolute Gasteiger partial charge is 0.208 e. The Hall–Kier alpha value is -9.52. The minimum Gasteiger partial charge on any atom is -0.208 e. The fraction of sp³-hybridized carbons (Fsp3) is 0.0448. The van der Waals surface area contributed by atoms with Crippen molar-refractivity contribution in [1.82, 2.24) is 29.9 Å². The highest BCUT2D eigenvalue weighted by Gasteiger charge is 2.52. The number of rotatable bonds is 8. The molecule has 0 N–H and O–H groups in total. The normalized spacial score (nSPS) is 13.5. The molecule has 9 aromatic carbocycles. The second-order valence-electron chi connectivity index (χ2n) is 18.9. The molecule has 342 valence electrons. The fourth-order valence-corrected chi connectivity index (χ4v) is 11.2. The van der Waals surface area contributed by atoms with Crippen molar-refractivity contribution in [2.24, 2.45) is 0 Å². The number of fused-ring (bicyclic) bond motifs is 10. The van der Waals surface area contributed by atoms with Crippen LogP contribution in [0.2, 0.25) is 0 Å². The average molecular weight is 933 g/mol. The predicted octanol–water partition coefficient (Wildman–Crippen LogP) is 15.8. The van der Waals surface area contributed by atoms with Crippen LogP contribution in [-0.2, 0) is 5.41 Å². The molecule has 0 unspecified atom stereocenters. The summed E-state index contributed by atoms with van der Waals surface area (Å²) in [7, 11) is 0. The van der Waals surface area contributed by atoms with Gasteiger partial charge in [-0.05, 0) is 91.7 Å². The first kappa shape index (κ1) is 42.4. The lowest BCUT2D eigenvalue weighted by molar-refractivity contribution is 0.794. The quantitative estimate of drug-likeness (QED) is 0.151. The van der Waals surface area contributed by atoms with Crippen LogP contribution in [0.4, 0.5) is 0 Å². The summed E-state index contributed by atoms with van der Waals surface area (Å²) in [6, 6.07) is 79.5. The molecule has 6 heteroatoms. The van der Waals surface area contributed by atoms with E-state index in [-0.39, 0.29) is 0 Å². The number of hydrogen-bond donors (Lipinski definition) is 0. The van der Waals surface area contributed by atoms with Crippen LogP contribution >= 0.6 is 0 Å². The summed E-state index contributed by atoms with van der Waals surface area (Å²) in [5.41, 5.74) is 19.2. The maximum absolute atomic E-state index is 5.29.